The highest BCUT2D eigenvalue weighted by Gasteiger charge is 2.37. The molecule has 2 aliphatic rings. The number of ether oxygens (including phenoxy) is 4. The number of carbonyl (C=O) groups excluding carboxylic acids is 3. The van der Waals surface area contributed by atoms with Gasteiger partial charge in [0.15, 0.2) is 23.0 Å². The number of fused-ring (bicyclic) bond motifs is 1. The summed E-state index contributed by atoms with van der Waals surface area (Å²) < 4.78 is 21.4. The number of urea groups is 1. The van der Waals surface area contributed by atoms with Gasteiger partial charge in [-0.3, -0.25) is 35.1 Å². The summed E-state index contributed by atoms with van der Waals surface area (Å²) in [6, 6.07) is 10.6. The van der Waals surface area contributed by atoms with Crippen LogP contribution in [0.15, 0.2) is 60.2 Å². The zero-order valence-corrected chi connectivity index (χ0v) is 20.3. The number of non-ortho nitro benzene ring substituents is 1. The van der Waals surface area contributed by atoms with E-state index in [4.69, 9.17) is 18.9 Å². The number of methoxy groups -OCH3 is 1. The number of nitrogens with one attached hydrogen (secondary N) is 1. The molecule has 1 saturated heterocycles. The minimum Gasteiger partial charge on any atom is -0.493 e. The van der Waals surface area contributed by atoms with E-state index in [-0.39, 0.29) is 35.3 Å². The third-order valence-electron chi connectivity index (χ3n) is 5.78. The van der Waals surface area contributed by atoms with Crippen molar-refractivity contribution >= 4 is 41.0 Å². The summed E-state index contributed by atoms with van der Waals surface area (Å²) >= 11 is 0. The van der Waals surface area contributed by atoms with Gasteiger partial charge in [-0.1, -0.05) is 6.07 Å². The summed E-state index contributed by atoms with van der Waals surface area (Å²) in [6.45, 7) is -0.0123. The predicted octanol–water partition coefficient (Wildman–Crippen LogP) is 3.70. The molecule has 2 heterocycles. The molecular weight excluding hydrogens is 532 g/mol. The maximum absolute atomic E-state index is 13.2. The van der Waals surface area contributed by atoms with Gasteiger partial charge in [0.05, 0.1) is 28.7 Å². The summed E-state index contributed by atoms with van der Waals surface area (Å²) in [5.74, 6) is -1.25. The van der Waals surface area contributed by atoms with Crippen molar-refractivity contribution < 1.29 is 43.2 Å². The Hall–Kier alpha value is -5.99. The molecule has 1 N–H and O–H groups in total. The molecule has 2 aliphatic heterocycles. The molecule has 15 heteroatoms. The Labute approximate surface area is 223 Å². The van der Waals surface area contributed by atoms with Crippen LogP contribution in [0, 0.1) is 20.2 Å². The summed E-state index contributed by atoms with van der Waals surface area (Å²) in [6.07, 6.45) is 1.23. The van der Waals surface area contributed by atoms with E-state index >= 15 is 0 Å². The minimum atomic E-state index is -0.947. The lowest BCUT2D eigenvalue weighted by atomic mass is 10.1. The molecule has 0 bridgehead atoms. The number of benzene rings is 3. The Morgan fingerprint density at radius 3 is 2.38 bits per heavy atom. The predicted molar refractivity (Wildman–Crippen MR) is 134 cm³/mol. The van der Waals surface area contributed by atoms with Crippen molar-refractivity contribution in [2.24, 2.45) is 0 Å². The number of amides is 4. The maximum atomic E-state index is 13.2. The largest absolute Gasteiger partial charge is 0.493 e. The molecule has 0 radical (unpaired) electrons. The highest BCUT2D eigenvalue weighted by atomic mass is 16.7. The van der Waals surface area contributed by atoms with Crippen molar-refractivity contribution in [3.8, 4) is 28.7 Å². The summed E-state index contributed by atoms with van der Waals surface area (Å²) in [4.78, 5) is 59.9. The van der Waals surface area contributed by atoms with Crippen LogP contribution in [0.4, 0.5) is 21.9 Å². The Morgan fingerprint density at radius 2 is 1.65 bits per heavy atom. The molecule has 202 valence electrons. The molecule has 5 rings (SSSR count). The first-order valence-electron chi connectivity index (χ1n) is 11.3. The van der Waals surface area contributed by atoms with E-state index in [1.807, 2.05) is 0 Å². The van der Waals surface area contributed by atoms with Gasteiger partial charge in [0, 0.05) is 12.1 Å². The van der Waals surface area contributed by atoms with Gasteiger partial charge < -0.3 is 18.9 Å². The first kappa shape index (κ1) is 25.7. The van der Waals surface area contributed by atoms with E-state index in [1.54, 1.807) is 0 Å². The van der Waals surface area contributed by atoms with E-state index in [0.29, 0.717) is 17.1 Å². The second-order valence-electron chi connectivity index (χ2n) is 8.17. The number of anilines is 1. The van der Waals surface area contributed by atoms with Crippen molar-refractivity contribution in [3.63, 3.8) is 0 Å². The number of barbiturate groups is 1. The number of imide groups is 2. The molecular formula is C25H16N4O11. The van der Waals surface area contributed by atoms with Crippen molar-refractivity contribution in [3.05, 3.63) is 86.0 Å². The van der Waals surface area contributed by atoms with Gasteiger partial charge in [-0.2, -0.15) is 0 Å². The van der Waals surface area contributed by atoms with Gasteiger partial charge in [0.1, 0.15) is 5.57 Å². The molecule has 0 atom stereocenters. The maximum Gasteiger partial charge on any atom is 0.335 e. The zero-order chi connectivity index (χ0) is 28.6. The average Bonchev–Trinajstić information content (AvgIpc) is 3.39. The van der Waals surface area contributed by atoms with Crippen LogP contribution in [0.3, 0.4) is 0 Å². The Balaban J connectivity index is 1.45. The highest BCUT2D eigenvalue weighted by molar-refractivity contribution is 6.39. The molecule has 0 unspecified atom stereocenters. The lowest BCUT2D eigenvalue weighted by molar-refractivity contribution is -0.394. The first-order chi connectivity index (χ1) is 19.2. The first-order valence-corrected chi connectivity index (χ1v) is 11.3. The molecule has 0 aliphatic carbocycles. The lowest BCUT2D eigenvalue weighted by Gasteiger charge is -2.26. The van der Waals surface area contributed by atoms with E-state index in [9.17, 15) is 34.6 Å². The fourth-order valence-electron chi connectivity index (χ4n) is 3.91. The zero-order valence-electron chi connectivity index (χ0n) is 20.3. The molecule has 0 aromatic heterocycles. The van der Waals surface area contributed by atoms with Crippen molar-refractivity contribution in [2.45, 2.75) is 0 Å². The second-order valence-corrected chi connectivity index (χ2v) is 8.17. The van der Waals surface area contributed by atoms with Crippen molar-refractivity contribution in [1.29, 1.82) is 0 Å². The van der Waals surface area contributed by atoms with Crippen LogP contribution in [0.5, 0.6) is 28.7 Å². The lowest BCUT2D eigenvalue weighted by Crippen LogP contribution is -2.54. The number of hydrogen-bond acceptors (Lipinski definition) is 11. The number of carbonyl (C=O) groups is 3. The van der Waals surface area contributed by atoms with Crippen LogP contribution in [0.2, 0.25) is 0 Å². The van der Waals surface area contributed by atoms with Crippen LogP contribution in [-0.4, -0.2) is 41.6 Å². The molecule has 3 aromatic rings. The van der Waals surface area contributed by atoms with Crippen LogP contribution in [-0.2, 0) is 9.59 Å². The van der Waals surface area contributed by atoms with E-state index in [0.717, 1.165) is 23.1 Å². The van der Waals surface area contributed by atoms with Gasteiger partial charge in [0.2, 0.25) is 12.5 Å². The molecule has 0 saturated carbocycles. The molecule has 3 aromatic carbocycles. The van der Waals surface area contributed by atoms with E-state index in [1.165, 1.54) is 49.6 Å². The van der Waals surface area contributed by atoms with Crippen LogP contribution in [0.25, 0.3) is 6.08 Å². The highest BCUT2D eigenvalue weighted by Crippen LogP contribution is 2.39. The summed E-state index contributed by atoms with van der Waals surface area (Å²) in [7, 11) is 1.29. The summed E-state index contributed by atoms with van der Waals surface area (Å²) in [5.41, 5.74) is -1.05. The Bertz CT molecular complexity index is 1650. The van der Waals surface area contributed by atoms with Crippen molar-refractivity contribution in [1.82, 2.24) is 5.32 Å². The van der Waals surface area contributed by atoms with Gasteiger partial charge in [-0.15, -0.1) is 0 Å². The number of nitro benzene ring substituents is 2. The minimum absolute atomic E-state index is 0.0122. The molecule has 4 amide bonds. The second kappa shape index (κ2) is 10.1. The monoisotopic (exact) mass is 548 g/mol. The van der Waals surface area contributed by atoms with Crippen LogP contribution >= 0.6 is 0 Å². The normalized spacial score (nSPS) is 15.2. The number of nitrogens with zero attached hydrogens (tertiary/aromatic N) is 3. The van der Waals surface area contributed by atoms with Crippen LogP contribution in [0.1, 0.15) is 5.56 Å². The Kier molecular flexibility index (Phi) is 6.45. The third kappa shape index (κ3) is 4.69. The number of nitro groups is 2. The quantitative estimate of drug-likeness (QED) is 0.196. The van der Waals surface area contributed by atoms with Crippen LogP contribution < -0.4 is 29.2 Å². The summed E-state index contributed by atoms with van der Waals surface area (Å²) in [5, 5.41) is 24.5. The fourth-order valence-corrected chi connectivity index (χ4v) is 3.91. The van der Waals surface area contributed by atoms with Crippen molar-refractivity contribution in [2.75, 3.05) is 18.8 Å². The third-order valence-corrected chi connectivity index (χ3v) is 5.78. The van der Waals surface area contributed by atoms with Gasteiger partial charge >= 0.3 is 11.7 Å². The standard InChI is InChI=1S/C25H16N4O11/c1-37-21-9-13(2-5-20(21)40-18-6-4-15(28(33)34)10-17(18)29(35)36)8-16-23(30)26-25(32)27(24(16)31)14-3-7-19-22(11-14)39-12-38-19/h2-11H,12H2,1H3,(H,26,30,32)/b16-8+. The smallest absolute Gasteiger partial charge is 0.335 e. The fraction of sp³-hybridized carbons (Fsp3) is 0.0800. The van der Waals surface area contributed by atoms with E-state index in [2.05, 4.69) is 5.32 Å². The number of hydrogen-bond donors (Lipinski definition) is 1. The molecule has 0 spiro atoms. The number of rotatable bonds is 7. The Morgan fingerprint density at radius 1 is 0.900 bits per heavy atom. The molecule has 15 nitrogen and oxygen atoms in total. The molecule has 1 fully saturated rings. The van der Waals surface area contributed by atoms with Gasteiger partial charge in [-0.25, -0.2) is 9.69 Å². The topological polar surface area (TPSA) is 190 Å². The van der Waals surface area contributed by atoms with E-state index < -0.39 is 39.1 Å². The molecule has 40 heavy (non-hydrogen) atoms. The van der Waals surface area contributed by atoms with Gasteiger partial charge in [0.25, 0.3) is 17.5 Å². The average molecular weight is 548 g/mol. The SMILES string of the molecule is COc1cc(/C=C2\C(=O)NC(=O)N(c3ccc4c(c3)OCO4)C2=O)ccc1Oc1ccc([N+](=O)[O-])cc1[N+](=O)[O-]. The van der Waals surface area contributed by atoms with Gasteiger partial charge in [-0.05, 0) is 42.0 Å².